The van der Waals surface area contributed by atoms with E-state index in [0.717, 1.165) is 17.8 Å². The number of alkyl halides is 3. The van der Waals surface area contributed by atoms with E-state index in [9.17, 15) is 18.3 Å². The van der Waals surface area contributed by atoms with Crippen molar-refractivity contribution in [3.63, 3.8) is 0 Å². The van der Waals surface area contributed by atoms with Crippen molar-refractivity contribution < 1.29 is 18.3 Å². The van der Waals surface area contributed by atoms with E-state index in [1.165, 1.54) is 6.07 Å². The molecule has 3 nitrogen and oxygen atoms in total. The number of phenols is 1. The topological polar surface area (TPSA) is 44.6 Å². The van der Waals surface area contributed by atoms with E-state index in [0.29, 0.717) is 28.9 Å². The Hall–Kier alpha value is -3.28. The summed E-state index contributed by atoms with van der Waals surface area (Å²) in [6.45, 7) is 0. The fourth-order valence-electron chi connectivity index (χ4n) is 3.34. The Kier molecular flexibility index (Phi) is 4.55. The molecule has 28 heavy (non-hydrogen) atoms. The third-order valence-electron chi connectivity index (χ3n) is 4.72. The second kappa shape index (κ2) is 7.03. The summed E-state index contributed by atoms with van der Waals surface area (Å²) in [4.78, 5) is 4.69. The van der Waals surface area contributed by atoms with Crippen molar-refractivity contribution in [1.29, 1.82) is 0 Å². The minimum absolute atomic E-state index is 0.0865. The number of fused-ring (bicyclic) bond motifs is 1. The first kappa shape index (κ1) is 18.1. The minimum atomic E-state index is -4.41. The van der Waals surface area contributed by atoms with Crippen LogP contribution in [0.5, 0.6) is 5.75 Å². The van der Waals surface area contributed by atoms with Gasteiger partial charge in [-0.1, -0.05) is 36.4 Å². The first-order valence-electron chi connectivity index (χ1n) is 8.80. The van der Waals surface area contributed by atoms with Gasteiger partial charge in [-0.05, 0) is 42.0 Å². The molecule has 0 aromatic heterocycles. The summed E-state index contributed by atoms with van der Waals surface area (Å²) in [7, 11) is 0. The van der Waals surface area contributed by atoms with Crippen LogP contribution in [-0.2, 0) is 6.18 Å². The van der Waals surface area contributed by atoms with Crippen LogP contribution < -0.4 is 5.32 Å². The number of aromatic hydroxyl groups is 1. The van der Waals surface area contributed by atoms with Crippen molar-refractivity contribution in [2.45, 2.75) is 18.6 Å². The number of nitrogens with one attached hydrogen (secondary N) is 1. The SMILES string of the molecule is Oc1ccccc1C1=Nc2ccccc2NC(c2cccc(C(F)(F)F)c2)C1. The van der Waals surface area contributed by atoms with E-state index < -0.39 is 17.8 Å². The fourth-order valence-corrected chi connectivity index (χ4v) is 3.34. The Labute approximate surface area is 160 Å². The van der Waals surface area contributed by atoms with Crippen molar-refractivity contribution >= 4 is 17.1 Å². The van der Waals surface area contributed by atoms with E-state index in [1.54, 1.807) is 30.3 Å². The summed E-state index contributed by atoms with van der Waals surface area (Å²) < 4.78 is 39.5. The number of hydrogen-bond donors (Lipinski definition) is 2. The number of aliphatic imine (C=N–C) groups is 1. The number of phenolic OH excluding ortho intramolecular Hbond substituents is 1. The molecule has 6 heteroatoms. The lowest BCUT2D eigenvalue weighted by molar-refractivity contribution is -0.137. The van der Waals surface area contributed by atoms with Gasteiger partial charge in [-0.3, -0.25) is 4.99 Å². The molecule has 1 aliphatic rings. The van der Waals surface area contributed by atoms with Gasteiger partial charge in [0.25, 0.3) is 0 Å². The van der Waals surface area contributed by atoms with Gasteiger partial charge in [0.15, 0.2) is 0 Å². The molecule has 0 saturated heterocycles. The Morgan fingerprint density at radius 1 is 0.929 bits per heavy atom. The van der Waals surface area contributed by atoms with Gasteiger partial charge < -0.3 is 10.4 Å². The summed E-state index contributed by atoms with van der Waals surface area (Å²) in [5.41, 5.74) is 2.40. The second-order valence-electron chi connectivity index (χ2n) is 6.62. The Morgan fingerprint density at radius 3 is 2.46 bits per heavy atom. The molecule has 1 heterocycles. The maximum absolute atomic E-state index is 13.2. The molecule has 0 fully saturated rings. The predicted molar refractivity (Wildman–Crippen MR) is 103 cm³/mol. The van der Waals surface area contributed by atoms with E-state index >= 15 is 0 Å². The highest BCUT2D eigenvalue weighted by molar-refractivity contribution is 6.05. The largest absolute Gasteiger partial charge is 0.507 e. The number of hydrogen-bond acceptors (Lipinski definition) is 3. The van der Waals surface area contributed by atoms with Crippen LogP contribution in [0.4, 0.5) is 24.5 Å². The number of anilines is 1. The first-order chi connectivity index (χ1) is 13.4. The highest BCUT2D eigenvalue weighted by atomic mass is 19.4. The highest BCUT2D eigenvalue weighted by Crippen LogP contribution is 2.38. The number of halogens is 3. The van der Waals surface area contributed by atoms with Crippen LogP contribution in [0.3, 0.4) is 0 Å². The van der Waals surface area contributed by atoms with Crippen LogP contribution in [0.1, 0.15) is 29.2 Å². The maximum atomic E-state index is 13.2. The Bertz CT molecular complexity index is 1040. The molecule has 4 rings (SSSR count). The van der Waals surface area contributed by atoms with E-state index in [4.69, 9.17) is 0 Å². The summed E-state index contributed by atoms with van der Waals surface area (Å²) in [5.74, 6) is 0.0865. The molecule has 0 aliphatic carbocycles. The quantitative estimate of drug-likeness (QED) is 0.563. The van der Waals surface area contributed by atoms with Crippen LogP contribution in [0.15, 0.2) is 77.8 Å². The monoisotopic (exact) mass is 382 g/mol. The van der Waals surface area contributed by atoms with Crippen LogP contribution in [-0.4, -0.2) is 10.8 Å². The average Bonchev–Trinajstić information content (AvgIpc) is 2.87. The molecule has 1 atom stereocenters. The summed E-state index contributed by atoms with van der Waals surface area (Å²) >= 11 is 0. The van der Waals surface area contributed by atoms with Crippen LogP contribution in [0, 0.1) is 0 Å². The number of nitrogens with zero attached hydrogens (tertiary/aromatic N) is 1. The minimum Gasteiger partial charge on any atom is -0.507 e. The molecular weight excluding hydrogens is 365 g/mol. The maximum Gasteiger partial charge on any atom is 0.416 e. The van der Waals surface area contributed by atoms with E-state index in [2.05, 4.69) is 10.3 Å². The van der Waals surface area contributed by atoms with Crippen LogP contribution in [0.2, 0.25) is 0 Å². The molecule has 1 aliphatic heterocycles. The lowest BCUT2D eigenvalue weighted by Gasteiger charge is -2.20. The van der Waals surface area contributed by atoms with Crippen molar-refractivity contribution in [2.24, 2.45) is 4.99 Å². The molecule has 2 N–H and O–H groups in total. The Balaban J connectivity index is 1.81. The molecule has 0 radical (unpaired) electrons. The van der Waals surface area contributed by atoms with Crippen molar-refractivity contribution in [2.75, 3.05) is 5.32 Å². The molecule has 3 aromatic carbocycles. The molecule has 0 saturated carbocycles. The lowest BCUT2D eigenvalue weighted by atomic mass is 9.95. The summed E-state index contributed by atoms with van der Waals surface area (Å²) in [6.07, 6.45) is -4.08. The lowest BCUT2D eigenvalue weighted by Crippen LogP contribution is -2.15. The van der Waals surface area contributed by atoms with Crippen molar-refractivity contribution in [3.05, 3.63) is 89.5 Å². The highest BCUT2D eigenvalue weighted by Gasteiger charge is 2.31. The molecule has 1 unspecified atom stereocenters. The van der Waals surface area contributed by atoms with Gasteiger partial charge in [-0.15, -0.1) is 0 Å². The van der Waals surface area contributed by atoms with Gasteiger partial charge >= 0.3 is 6.18 Å². The summed E-state index contributed by atoms with van der Waals surface area (Å²) in [5, 5.41) is 13.6. The van der Waals surface area contributed by atoms with E-state index in [1.807, 2.05) is 24.3 Å². The third kappa shape index (κ3) is 3.58. The Morgan fingerprint density at radius 2 is 1.68 bits per heavy atom. The van der Waals surface area contributed by atoms with Gasteiger partial charge in [0.1, 0.15) is 5.75 Å². The molecule has 0 amide bonds. The summed E-state index contributed by atoms with van der Waals surface area (Å²) in [6, 6.07) is 19.1. The number of rotatable bonds is 2. The zero-order valence-electron chi connectivity index (χ0n) is 14.7. The zero-order valence-corrected chi connectivity index (χ0v) is 14.7. The van der Waals surface area contributed by atoms with Gasteiger partial charge in [0.05, 0.1) is 28.7 Å². The third-order valence-corrected chi connectivity index (χ3v) is 4.72. The van der Waals surface area contributed by atoms with E-state index in [-0.39, 0.29) is 5.75 Å². The zero-order chi connectivity index (χ0) is 19.7. The number of para-hydroxylation sites is 3. The van der Waals surface area contributed by atoms with Crippen molar-refractivity contribution in [3.8, 4) is 5.75 Å². The van der Waals surface area contributed by atoms with Gasteiger partial charge in [-0.2, -0.15) is 13.2 Å². The predicted octanol–water partition coefficient (Wildman–Crippen LogP) is 6.09. The second-order valence-corrected chi connectivity index (χ2v) is 6.62. The number of benzene rings is 3. The molecule has 0 spiro atoms. The van der Waals surface area contributed by atoms with Gasteiger partial charge in [-0.25, -0.2) is 0 Å². The van der Waals surface area contributed by atoms with Gasteiger partial charge in [0.2, 0.25) is 0 Å². The van der Waals surface area contributed by atoms with Gasteiger partial charge in [0, 0.05) is 12.0 Å². The first-order valence-corrected chi connectivity index (χ1v) is 8.80. The van der Waals surface area contributed by atoms with Crippen molar-refractivity contribution in [1.82, 2.24) is 0 Å². The average molecular weight is 382 g/mol. The van der Waals surface area contributed by atoms with Crippen LogP contribution >= 0.6 is 0 Å². The van der Waals surface area contributed by atoms with Crippen LogP contribution in [0.25, 0.3) is 0 Å². The fraction of sp³-hybridized carbons (Fsp3) is 0.136. The molecular formula is C22H17F3N2O. The molecule has 3 aromatic rings. The normalized spacial score (nSPS) is 16.5. The molecule has 0 bridgehead atoms. The molecule has 142 valence electrons. The standard InChI is InChI=1S/C22H17F3N2O/c23-22(24,25)15-7-5-6-14(12-15)19-13-20(16-8-1-4-11-21(16)28)27-18-10-3-2-9-17(18)26-19/h1-12,19,26,28H,13H2. The smallest absolute Gasteiger partial charge is 0.416 e.